The van der Waals surface area contributed by atoms with Crippen molar-refractivity contribution in [1.29, 1.82) is 0 Å². The van der Waals surface area contributed by atoms with E-state index in [9.17, 15) is 9.90 Å². The minimum Gasteiger partial charge on any atom is -0.393 e. The maximum atomic E-state index is 12.6. The van der Waals surface area contributed by atoms with E-state index in [0.717, 1.165) is 43.7 Å². The molecule has 7 nitrogen and oxygen atoms in total. The maximum absolute atomic E-state index is 12.6. The second kappa shape index (κ2) is 9.41. The molecule has 0 spiro atoms. The highest BCUT2D eigenvalue weighted by atomic mass is 16.3. The van der Waals surface area contributed by atoms with Crippen LogP contribution < -0.4 is 5.32 Å². The van der Waals surface area contributed by atoms with Crippen LogP contribution in [0.1, 0.15) is 45.7 Å². The first-order valence-corrected chi connectivity index (χ1v) is 10.8. The van der Waals surface area contributed by atoms with Crippen molar-refractivity contribution in [2.45, 2.75) is 45.9 Å². The summed E-state index contributed by atoms with van der Waals surface area (Å²) in [6, 6.07) is 16.2. The number of piperidine rings is 1. The van der Waals surface area contributed by atoms with Gasteiger partial charge < -0.3 is 10.4 Å². The zero-order valence-electron chi connectivity index (χ0n) is 18.1. The molecule has 162 valence electrons. The zero-order chi connectivity index (χ0) is 21.8. The van der Waals surface area contributed by atoms with E-state index in [4.69, 9.17) is 0 Å². The monoisotopic (exact) mass is 419 g/mol. The van der Waals surface area contributed by atoms with Crippen molar-refractivity contribution in [2.24, 2.45) is 0 Å². The number of hydrogen-bond donors (Lipinski definition) is 2. The van der Waals surface area contributed by atoms with Gasteiger partial charge in [0, 0.05) is 26.2 Å². The minimum absolute atomic E-state index is 0.149. The summed E-state index contributed by atoms with van der Waals surface area (Å²) in [6.45, 7) is 7.07. The second-order valence-electron chi connectivity index (χ2n) is 8.28. The number of amides is 1. The third kappa shape index (κ3) is 5.18. The van der Waals surface area contributed by atoms with Crippen LogP contribution in [0.3, 0.4) is 0 Å². The number of aliphatic hydroxyl groups is 1. The van der Waals surface area contributed by atoms with Gasteiger partial charge in [-0.2, -0.15) is 0 Å². The molecule has 3 aromatic rings. The number of nitrogens with zero attached hydrogens (tertiary/aromatic N) is 4. The SMILES string of the molecule is Cc1ccc(-n2nnc(C(=O)NCc3ccc(CN4CCC(O)CC4)cc3)c2C)cc1. The molecule has 1 aliphatic heterocycles. The highest BCUT2D eigenvalue weighted by molar-refractivity contribution is 5.93. The molecule has 7 heteroatoms. The molecule has 0 radical (unpaired) electrons. The molecule has 2 aromatic carbocycles. The molecule has 0 bridgehead atoms. The number of rotatable bonds is 6. The molecule has 1 fully saturated rings. The van der Waals surface area contributed by atoms with Crippen molar-refractivity contribution in [3.8, 4) is 5.69 Å². The van der Waals surface area contributed by atoms with E-state index in [2.05, 4.69) is 32.7 Å². The van der Waals surface area contributed by atoms with Crippen molar-refractivity contribution >= 4 is 5.91 Å². The average Bonchev–Trinajstić information content (AvgIpc) is 3.16. The summed E-state index contributed by atoms with van der Waals surface area (Å²) < 4.78 is 1.68. The lowest BCUT2D eigenvalue weighted by molar-refractivity contribution is 0.0792. The lowest BCUT2D eigenvalue weighted by Gasteiger charge is -2.29. The van der Waals surface area contributed by atoms with Crippen molar-refractivity contribution in [3.05, 3.63) is 76.6 Å². The highest BCUT2D eigenvalue weighted by Crippen LogP contribution is 2.15. The highest BCUT2D eigenvalue weighted by Gasteiger charge is 2.18. The fourth-order valence-corrected chi connectivity index (χ4v) is 3.83. The molecule has 1 amide bonds. The summed E-state index contributed by atoms with van der Waals surface area (Å²) >= 11 is 0. The summed E-state index contributed by atoms with van der Waals surface area (Å²) in [5.41, 5.74) is 5.37. The first kappa shape index (κ1) is 21.2. The number of nitrogens with one attached hydrogen (secondary N) is 1. The Morgan fingerprint density at radius 1 is 1.03 bits per heavy atom. The number of carbonyl (C=O) groups excluding carboxylic acids is 1. The fourth-order valence-electron chi connectivity index (χ4n) is 3.83. The van der Waals surface area contributed by atoms with Crippen LogP contribution in [0.2, 0.25) is 0 Å². The molecule has 0 saturated carbocycles. The van der Waals surface area contributed by atoms with Gasteiger partial charge in [0.1, 0.15) is 0 Å². The van der Waals surface area contributed by atoms with Gasteiger partial charge in [0.2, 0.25) is 0 Å². The second-order valence-corrected chi connectivity index (χ2v) is 8.28. The Labute approximate surface area is 182 Å². The molecule has 0 atom stereocenters. The molecular formula is C24H29N5O2. The Hall–Kier alpha value is -3.03. The zero-order valence-corrected chi connectivity index (χ0v) is 18.1. The predicted molar refractivity (Wildman–Crippen MR) is 119 cm³/mol. The van der Waals surface area contributed by atoms with Gasteiger partial charge >= 0.3 is 0 Å². The lowest BCUT2D eigenvalue weighted by atomic mass is 10.1. The summed E-state index contributed by atoms with van der Waals surface area (Å²) in [6.07, 6.45) is 1.54. The molecule has 1 aromatic heterocycles. The number of carbonyl (C=O) groups is 1. The largest absolute Gasteiger partial charge is 0.393 e. The summed E-state index contributed by atoms with van der Waals surface area (Å²) in [7, 11) is 0. The van der Waals surface area contributed by atoms with E-state index in [0.29, 0.717) is 17.9 Å². The number of aliphatic hydroxyl groups excluding tert-OH is 1. The predicted octanol–water partition coefficient (Wildman–Crippen LogP) is 2.77. The number of likely N-dealkylation sites (tertiary alicyclic amines) is 1. The van der Waals surface area contributed by atoms with Gasteiger partial charge in [-0.15, -0.1) is 5.10 Å². The Bertz CT molecular complexity index is 1020. The van der Waals surface area contributed by atoms with E-state index in [-0.39, 0.29) is 12.0 Å². The van der Waals surface area contributed by atoms with E-state index < -0.39 is 0 Å². The van der Waals surface area contributed by atoms with Crippen LogP contribution in [0, 0.1) is 13.8 Å². The normalized spacial score (nSPS) is 15.2. The van der Waals surface area contributed by atoms with Crippen LogP contribution in [0.25, 0.3) is 5.69 Å². The van der Waals surface area contributed by atoms with Gasteiger partial charge in [-0.05, 0) is 49.9 Å². The van der Waals surface area contributed by atoms with Gasteiger partial charge in [-0.3, -0.25) is 9.69 Å². The number of hydrogen-bond acceptors (Lipinski definition) is 5. The molecule has 0 aliphatic carbocycles. The maximum Gasteiger partial charge on any atom is 0.274 e. The molecule has 1 saturated heterocycles. The third-order valence-corrected chi connectivity index (χ3v) is 5.83. The Kier molecular flexibility index (Phi) is 6.44. The minimum atomic E-state index is -0.230. The van der Waals surface area contributed by atoms with Crippen molar-refractivity contribution in [2.75, 3.05) is 13.1 Å². The Morgan fingerprint density at radius 3 is 2.35 bits per heavy atom. The average molecular weight is 420 g/mol. The van der Waals surface area contributed by atoms with Crippen molar-refractivity contribution in [1.82, 2.24) is 25.2 Å². The molecule has 4 rings (SSSR count). The van der Waals surface area contributed by atoms with Gasteiger partial charge in [-0.25, -0.2) is 4.68 Å². The van der Waals surface area contributed by atoms with Crippen LogP contribution in [0.5, 0.6) is 0 Å². The van der Waals surface area contributed by atoms with E-state index >= 15 is 0 Å². The molecule has 2 N–H and O–H groups in total. The van der Waals surface area contributed by atoms with Crippen LogP contribution in [-0.2, 0) is 13.1 Å². The molecule has 2 heterocycles. The first-order valence-electron chi connectivity index (χ1n) is 10.8. The molecule has 0 unspecified atom stereocenters. The summed E-state index contributed by atoms with van der Waals surface area (Å²) in [5.74, 6) is -0.230. The van der Waals surface area contributed by atoms with E-state index in [1.807, 2.05) is 50.2 Å². The van der Waals surface area contributed by atoms with Crippen molar-refractivity contribution in [3.63, 3.8) is 0 Å². The number of aryl methyl sites for hydroxylation is 1. The first-order chi connectivity index (χ1) is 15.0. The standard InChI is InChI=1S/C24H29N5O2/c1-17-3-9-21(10-4-17)29-18(2)23(26-27-29)24(31)25-15-19-5-7-20(8-6-19)16-28-13-11-22(30)12-14-28/h3-10,22,30H,11-16H2,1-2H3,(H,25,31). The third-order valence-electron chi connectivity index (χ3n) is 5.83. The Morgan fingerprint density at radius 2 is 1.68 bits per heavy atom. The van der Waals surface area contributed by atoms with Crippen LogP contribution in [0.4, 0.5) is 0 Å². The van der Waals surface area contributed by atoms with Crippen molar-refractivity contribution < 1.29 is 9.90 Å². The summed E-state index contributed by atoms with van der Waals surface area (Å²) in [4.78, 5) is 15.0. The number of benzene rings is 2. The van der Waals surface area contributed by atoms with Crippen LogP contribution in [-0.4, -0.2) is 50.1 Å². The fraction of sp³-hybridized carbons (Fsp3) is 0.375. The van der Waals surface area contributed by atoms with Gasteiger partial charge in [0.25, 0.3) is 5.91 Å². The van der Waals surface area contributed by atoms with E-state index in [1.54, 1.807) is 4.68 Å². The molecule has 31 heavy (non-hydrogen) atoms. The van der Waals surface area contributed by atoms with Crippen LogP contribution >= 0.6 is 0 Å². The van der Waals surface area contributed by atoms with E-state index in [1.165, 1.54) is 11.1 Å². The van der Waals surface area contributed by atoms with Crippen LogP contribution in [0.15, 0.2) is 48.5 Å². The smallest absolute Gasteiger partial charge is 0.274 e. The molecular weight excluding hydrogens is 390 g/mol. The van der Waals surface area contributed by atoms with Gasteiger partial charge in [-0.1, -0.05) is 47.2 Å². The number of aromatic nitrogens is 3. The molecule has 1 aliphatic rings. The topological polar surface area (TPSA) is 83.3 Å². The summed E-state index contributed by atoms with van der Waals surface area (Å²) in [5, 5.41) is 20.8. The van der Waals surface area contributed by atoms with Gasteiger partial charge in [0.05, 0.1) is 17.5 Å². The Balaban J connectivity index is 1.33. The van der Waals surface area contributed by atoms with Gasteiger partial charge in [0.15, 0.2) is 5.69 Å². The quantitative estimate of drug-likeness (QED) is 0.642. The lowest BCUT2D eigenvalue weighted by Crippen LogP contribution is -2.35.